The molecule has 1 aromatic rings. The van der Waals surface area contributed by atoms with E-state index >= 15 is 0 Å². The van der Waals surface area contributed by atoms with Gasteiger partial charge in [0.15, 0.2) is 0 Å². The molecule has 1 fully saturated rings. The van der Waals surface area contributed by atoms with Gasteiger partial charge in [-0.15, -0.1) is 0 Å². The van der Waals surface area contributed by atoms with Crippen LogP contribution in [0.4, 0.5) is 0 Å². The summed E-state index contributed by atoms with van der Waals surface area (Å²) in [6, 6.07) is 0. The molecular formula is C14H22N4O6S. The zero-order valence-electron chi connectivity index (χ0n) is 14.5. The SMILES string of the molecule is CCOC(=O)C(=O)Cn1nc(C2CCN(S(C)(=O)=O)CC2)n(C)c1=O. The van der Waals surface area contributed by atoms with E-state index in [1.807, 2.05) is 0 Å². The monoisotopic (exact) mass is 374 g/mol. The molecule has 140 valence electrons. The van der Waals surface area contributed by atoms with Crippen molar-refractivity contribution in [3.63, 3.8) is 0 Å². The van der Waals surface area contributed by atoms with Crippen molar-refractivity contribution in [1.29, 1.82) is 0 Å². The fourth-order valence-corrected chi connectivity index (χ4v) is 3.70. The van der Waals surface area contributed by atoms with Crippen molar-refractivity contribution in [2.75, 3.05) is 26.0 Å². The summed E-state index contributed by atoms with van der Waals surface area (Å²) in [4.78, 5) is 35.4. The lowest BCUT2D eigenvalue weighted by atomic mass is 9.97. The van der Waals surface area contributed by atoms with Crippen LogP contribution < -0.4 is 5.69 Å². The van der Waals surface area contributed by atoms with Crippen molar-refractivity contribution in [3.05, 3.63) is 16.3 Å². The van der Waals surface area contributed by atoms with Gasteiger partial charge in [-0.2, -0.15) is 5.10 Å². The minimum Gasteiger partial charge on any atom is -0.460 e. The van der Waals surface area contributed by atoms with Gasteiger partial charge in [0.1, 0.15) is 12.4 Å². The van der Waals surface area contributed by atoms with E-state index in [4.69, 9.17) is 0 Å². The third-order valence-electron chi connectivity index (χ3n) is 4.16. The van der Waals surface area contributed by atoms with E-state index in [1.54, 1.807) is 14.0 Å². The van der Waals surface area contributed by atoms with E-state index in [9.17, 15) is 22.8 Å². The van der Waals surface area contributed by atoms with E-state index in [-0.39, 0.29) is 12.5 Å². The summed E-state index contributed by atoms with van der Waals surface area (Å²) in [5.74, 6) is -1.45. The highest BCUT2D eigenvalue weighted by atomic mass is 32.2. The van der Waals surface area contributed by atoms with Gasteiger partial charge in [0, 0.05) is 26.1 Å². The Morgan fingerprint density at radius 1 is 1.28 bits per heavy atom. The molecule has 1 saturated heterocycles. The first-order valence-electron chi connectivity index (χ1n) is 7.94. The second-order valence-electron chi connectivity index (χ2n) is 5.94. The van der Waals surface area contributed by atoms with Gasteiger partial charge in [0.25, 0.3) is 5.78 Å². The first-order chi connectivity index (χ1) is 11.6. The zero-order valence-corrected chi connectivity index (χ0v) is 15.3. The first kappa shape index (κ1) is 19.3. The van der Waals surface area contributed by atoms with Crippen LogP contribution in [-0.4, -0.2) is 64.8 Å². The highest BCUT2D eigenvalue weighted by Gasteiger charge is 2.29. The number of nitrogens with zero attached hydrogens (tertiary/aromatic N) is 4. The maximum Gasteiger partial charge on any atom is 0.376 e. The summed E-state index contributed by atoms with van der Waals surface area (Å²) < 4.78 is 31.4. The molecule has 2 rings (SSSR count). The number of carbonyl (C=O) groups excluding carboxylic acids is 2. The van der Waals surface area contributed by atoms with E-state index in [0.29, 0.717) is 31.8 Å². The Morgan fingerprint density at radius 3 is 2.40 bits per heavy atom. The van der Waals surface area contributed by atoms with E-state index in [1.165, 1.54) is 15.1 Å². The lowest BCUT2D eigenvalue weighted by molar-refractivity contribution is -0.153. The molecule has 1 aliphatic heterocycles. The summed E-state index contributed by atoms with van der Waals surface area (Å²) in [5.41, 5.74) is -0.502. The van der Waals surface area contributed by atoms with Crippen molar-refractivity contribution in [3.8, 4) is 0 Å². The number of hydrogen-bond acceptors (Lipinski definition) is 7. The second-order valence-corrected chi connectivity index (χ2v) is 7.92. The Labute approximate surface area is 145 Å². The molecule has 2 heterocycles. The van der Waals surface area contributed by atoms with Crippen LogP contribution in [0.15, 0.2) is 4.79 Å². The molecule has 0 amide bonds. The first-order valence-corrected chi connectivity index (χ1v) is 9.78. The maximum absolute atomic E-state index is 12.2. The molecule has 0 bridgehead atoms. The van der Waals surface area contributed by atoms with Crippen molar-refractivity contribution in [2.24, 2.45) is 7.05 Å². The van der Waals surface area contributed by atoms with Gasteiger partial charge in [0.2, 0.25) is 10.0 Å². The molecule has 0 radical (unpaired) electrons. The van der Waals surface area contributed by atoms with E-state index in [0.717, 1.165) is 4.68 Å². The highest BCUT2D eigenvalue weighted by Crippen LogP contribution is 2.26. The number of hydrogen-bond donors (Lipinski definition) is 0. The zero-order chi connectivity index (χ0) is 18.8. The predicted octanol–water partition coefficient (Wildman–Crippen LogP) is -1.15. The molecule has 0 unspecified atom stereocenters. The molecule has 0 aromatic carbocycles. The highest BCUT2D eigenvalue weighted by molar-refractivity contribution is 7.88. The molecule has 0 atom stereocenters. The average Bonchev–Trinajstić information content (AvgIpc) is 2.83. The van der Waals surface area contributed by atoms with Gasteiger partial charge in [0.05, 0.1) is 12.9 Å². The topological polar surface area (TPSA) is 121 Å². The molecule has 1 aromatic heterocycles. The second kappa shape index (κ2) is 7.48. The van der Waals surface area contributed by atoms with Crippen LogP contribution in [0.2, 0.25) is 0 Å². The number of rotatable bonds is 6. The molecular weight excluding hydrogens is 352 g/mol. The molecule has 0 saturated carbocycles. The predicted molar refractivity (Wildman–Crippen MR) is 87.5 cm³/mol. The van der Waals surface area contributed by atoms with Crippen molar-refractivity contribution in [2.45, 2.75) is 32.2 Å². The third kappa shape index (κ3) is 4.34. The lowest BCUT2D eigenvalue weighted by Crippen LogP contribution is -2.37. The molecule has 10 nitrogen and oxygen atoms in total. The molecule has 0 aliphatic carbocycles. The summed E-state index contributed by atoms with van der Waals surface area (Å²) in [5, 5.41) is 4.17. The summed E-state index contributed by atoms with van der Waals surface area (Å²) >= 11 is 0. The quantitative estimate of drug-likeness (QED) is 0.455. The minimum absolute atomic E-state index is 0.0752. The van der Waals surface area contributed by atoms with Gasteiger partial charge in [-0.25, -0.2) is 27.0 Å². The number of carbonyl (C=O) groups is 2. The standard InChI is InChI=1S/C14H22N4O6S/c1-4-24-13(20)11(19)9-18-14(21)16(2)12(15-18)10-5-7-17(8-6-10)25(3,22)23/h10H,4-9H2,1-3H3. The van der Waals surface area contributed by atoms with Crippen molar-refractivity contribution in [1.82, 2.24) is 18.7 Å². The van der Waals surface area contributed by atoms with Gasteiger partial charge in [-0.3, -0.25) is 9.36 Å². The summed E-state index contributed by atoms with van der Waals surface area (Å²) in [6.07, 6.45) is 2.23. The number of esters is 1. The van der Waals surface area contributed by atoms with Crippen LogP contribution in [-0.2, 0) is 37.9 Å². The van der Waals surface area contributed by atoms with Crippen molar-refractivity contribution < 1.29 is 22.7 Å². The molecule has 0 N–H and O–H groups in total. The number of aromatic nitrogens is 3. The summed E-state index contributed by atoms with van der Waals surface area (Å²) in [6.45, 7) is 1.89. The van der Waals surface area contributed by atoms with Crippen LogP contribution in [0.3, 0.4) is 0 Å². The Kier molecular flexibility index (Phi) is 5.78. The number of Topliss-reactive ketones (excluding diaryl/α,β-unsaturated/α-hetero) is 1. The average molecular weight is 374 g/mol. The van der Waals surface area contributed by atoms with Crippen LogP contribution in [0.5, 0.6) is 0 Å². The Balaban J connectivity index is 2.13. The Hall–Kier alpha value is -2.01. The maximum atomic E-state index is 12.2. The number of ether oxygens (including phenoxy) is 1. The van der Waals surface area contributed by atoms with Crippen molar-refractivity contribution >= 4 is 21.8 Å². The lowest BCUT2D eigenvalue weighted by Gasteiger charge is -2.29. The number of sulfonamides is 1. The molecule has 11 heteroatoms. The normalized spacial score (nSPS) is 16.8. The van der Waals surface area contributed by atoms with Crippen LogP contribution in [0, 0.1) is 0 Å². The summed E-state index contributed by atoms with van der Waals surface area (Å²) in [7, 11) is -1.69. The minimum atomic E-state index is -3.23. The van der Waals surface area contributed by atoms with E-state index in [2.05, 4.69) is 9.84 Å². The Morgan fingerprint density at radius 2 is 1.88 bits per heavy atom. The number of piperidine rings is 1. The largest absolute Gasteiger partial charge is 0.460 e. The van der Waals surface area contributed by atoms with Gasteiger partial charge >= 0.3 is 11.7 Å². The fraction of sp³-hybridized carbons (Fsp3) is 0.714. The molecule has 25 heavy (non-hydrogen) atoms. The van der Waals surface area contributed by atoms with E-state index < -0.39 is 34.0 Å². The number of ketones is 1. The van der Waals surface area contributed by atoms with Crippen LogP contribution in [0.1, 0.15) is 31.5 Å². The van der Waals surface area contributed by atoms with Crippen LogP contribution >= 0.6 is 0 Å². The third-order valence-corrected chi connectivity index (χ3v) is 5.46. The Bertz CT molecular complexity index is 817. The molecule has 1 aliphatic rings. The van der Waals surface area contributed by atoms with Gasteiger partial charge in [-0.1, -0.05) is 0 Å². The smallest absolute Gasteiger partial charge is 0.376 e. The molecule has 0 spiro atoms. The van der Waals surface area contributed by atoms with Gasteiger partial charge in [-0.05, 0) is 19.8 Å². The van der Waals surface area contributed by atoms with Crippen LogP contribution in [0.25, 0.3) is 0 Å². The fourth-order valence-electron chi connectivity index (χ4n) is 2.82. The van der Waals surface area contributed by atoms with Gasteiger partial charge < -0.3 is 4.74 Å².